The van der Waals surface area contributed by atoms with Crippen LogP contribution in [0.3, 0.4) is 0 Å². The molecule has 0 heterocycles. The summed E-state index contributed by atoms with van der Waals surface area (Å²) < 4.78 is 61.2. The summed E-state index contributed by atoms with van der Waals surface area (Å²) in [5.74, 6) is -4.86. The van der Waals surface area contributed by atoms with Crippen LogP contribution in [0.25, 0.3) is 0 Å². The highest BCUT2D eigenvalue weighted by molar-refractivity contribution is 6.74. The monoisotopic (exact) mass is 644 g/mol. The lowest BCUT2D eigenvalue weighted by molar-refractivity contribution is -0.139. The minimum absolute atomic E-state index is 0.0634. The number of ether oxygens (including phenoxy) is 2. The van der Waals surface area contributed by atoms with Gasteiger partial charge in [-0.3, -0.25) is 4.79 Å². The summed E-state index contributed by atoms with van der Waals surface area (Å²) in [4.78, 5) is 26.5. The Balaban J connectivity index is 2.44. The SMILES string of the molecule is COC(=O)Cc1c(F)cc(NC[C@@H](C)N(C[C@H](O[Si](C)(C)C(C)(C)C)c2cccc(Cl)c2)C(=O)OC(C)(C)C)c(F)c1F. The first-order valence-electron chi connectivity index (χ1n) is 14.1. The van der Waals surface area contributed by atoms with Crippen molar-refractivity contribution in [1.29, 1.82) is 0 Å². The van der Waals surface area contributed by atoms with Gasteiger partial charge in [0.05, 0.1) is 31.9 Å². The molecule has 0 saturated heterocycles. The topological polar surface area (TPSA) is 77.1 Å². The van der Waals surface area contributed by atoms with E-state index >= 15 is 0 Å². The number of halogens is 4. The molecule has 0 aliphatic rings. The number of carbonyl (C=O) groups is 2. The molecule has 240 valence electrons. The van der Waals surface area contributed by atoms with Crippen LogP contribution in [0.15, 0.2) is 30.3 Å². The number of rotatable bonds is 11. The van der Waals surface area contributed by atoms with E-state index in [0.717, 1.165) is 18.7 Å². The normalized spacial score (nSPS) is 13.7. The van der Waals surface area contributed by atoms with E-state index in [9.17, 15) is 22.8 Å². The first-order valence-corrected chi connectivity index (χ1v) is 17.4. The molecule has 0 aliphatic heterocycles. The lowest BCUT2D eigenvalue weighted by Crippen LogP contribution is -2.49. The molecule has 2 rings (SSSR count). The maximum absolute atomic E-state index is 14.9. The van der Waals surface area contributed by atoms with E-state index < -0.39 is 73.3 Å². The Bertz CT molecular complexity index is 1300. The average molecular weight is 645 g/mol. The Morgan fingerprint density at radius 1 is 1.05 bits per heavy atom. The predicted molar refractivity (Wildman–Crippen MR) is 165 cm³/mol. The fraction of sp³-hybridized carbons (Fsp3) is 0.548. The number of hydrogen-bond acceptors (Lipinski definition) is 6. The van der Waals surface area contributed by atoms with Crippen molar-refractivity contribution in [3.8, 4) is 0 Å². The molecule has 2 aromatic carbocycles. The van der Waals surface area contributed by atoms with Crippen LogP contribution in [-0.4, -0.2) is 57.1 Å². The smallest absolute Gasteiger partial charge is 0.410 e. The van der Waals surface area contributed by atoms with Crippen molar-refractivity contribution in [1.82, 2.24) is 4.90 Å². The molecule has 2 aromatic rings. The van der Waals surface area contributed by atoms with Crippen molar-refractivity contribution >= 4 is 37.7 Å². The third-order valence-corrected chi connectivity index (χ3v) is 12.1. The molecule has 0 bridgehead atoms. The van der Waals surface area contributed by atoms with Crippen molar-refractivity contribution in [2.75, 3.05) is 25.5 Å². The highest BCUT2D eigenvalue weighted by Crippen LogP contribution is 2.40. The largest absolute Gasteiger partial charge is 0.469 e. The molecule has 0 aliphatic carbocycles. The number of anilines is 1. The molecule has 7 nitrogen and oxygen atoms in total. The maximum atomic E-state index is 14.9. The Kier molecular flexibility index (Phi) is 12.2. The Morgan fingerprint density at radius 3 is 2.21 bits per heavy atom. The van der Waals surface area contributed by atoms with Gasteiger partial charge in [0, 0.05) is 29.2 Å². The second-order valence-electron chi connectivity index (χ2n) is 13.0. The molecular weight excluding hydrogens is 601 g/mol. The fourth-order valence-corrected chi connectivity index (χ4v) is 5.37. The van der Waals surface area contributed by atoms with Gasteiger partial charge in [-0.05, 0) is 63.5 Å². The quantitative estimate of drug-likeness (QED) is 0.151. The van der Waals surface area contributed by atoms with Gasteiger partial charge in [0.15, 0.2) is 20.0 Å². The third-order valence-electron chi connectivity index (χ3n) is 7.38. The third kappa shape index (κ3) is 10.1. The number of carbonyl (C=O) groups excluding carboxylic acids is 2. The second-order valence-corrected chi connectivity index (χ2v) is 18.2. The zero-order valence-electron chi connectivity index (χ0n) is 26.7. The predicted octanol–water partition coefficient (Wildman–Crippen LogP) is 8.27. The van der Waals surface area contributed by atoms with Crippen LogP contribution >= 0.6 is 11.6 Å². The summed E-state index contributed by atoms with van der Waals surface area (Å²) in [6.45, 7) is 17.4. The van der Waals surface area contributed by atoms with Crippen LogP contribution < -0.4 is 5.32 Å². The zero-order valence-corrected chi connectivity index (χ0v) is 28.4. The summed E-state index contributed by atoms with van der Waals surface area (Å²) in [7, 11) is -1.30. The number of benzene rings is 2. The van der Waals surface area contributed by atoms with Gasteiger partial charge in [0.25, 0.3) is 0 Å². The summed E-state index contributed by atoms with van der Waals surface area (Å²) in [6.07, 6.45) is -1.98. The Morgan fingerprint density at radius 2 is 1.67 bits per heavy atom. The van der Waals surface area contributed by atoms with Crippen molar-refractivity contribution in [2.45, 2.75) is 90.8 Å². The van der Waals surface area contributed by atoms with Gasteiger partial charge >= 0.3 is 12.1 Å². The van der Waals surface area contributed by atoms with Gasteiger partial charge in [-0.15, -0.1) is 0 Å². The lowest BCUT2D eigenvalue weighted by Gasteiger charge is -2.41. The number of nitrogens with zero attached hydrogens (tertiary/aromatic N) is 1. The van der Waals surface area contributed by atoms with E-state index in [2.05, 4.69) is 43.9 Å². The van der Waals surface area contributed by atoms with Gasteiger partial charge in [0.1, 0.15) is 11.4 Å². The molecule has 2 atom stereocenters. The summed E-state index contributed by atoms with van der Waals surface area (Å²) in [5.41, 5.74) is -1.24. The zero-order chi connectivity index (χ0) is 32.9. The molecule has 0 saturated carbocycles. The Hall–Kier alpha value is -2.76. The van der Waals surface area contributed by atoms with E-state index in [4.69, 9.17) is 20.8 Å². The van der Waals surface area contributed by atoms with Crippen LogP contribution in [0.4, 0.5) is 23.7 Å². The molecule has 0 aromatic heterocycles. The minimum atomic E-state index is -2.37. The number of hydrogen-bond donors (Lipinski definition) is 1. The second kappa shape index (κ2) is 14.3. The molecule has 0 radical (unpaired) electrons. The number of nitrogens with one attached hydrogen (secondary N) is 1. The average Bonchev–Trinajstić information content (AvgIpc) is 2.88. The van der Waals surface area contributed by atoms with Crippen LogP contribution in [0.5, 0.6) is 0 Å². The van der Waals surface area contributed by atoms with Gasteiger partial charge in [-0.2, -0.15) is 0 Å². The van der Waals surface area contributed by atoms with Crippen molar-refractivity contribution in [3.05, 3.63) is 63.9 Å². The van der Waals surface area contributed by atoms with Crippen molar-refractivity contribution in [2.24, 2.45) is 0 Å². The van der Waals surface area contributed by atoms with E-state index in [-0.39, 0.29) is 18.1 Å². The van der Waals surface area contributed by atoms with Crippen molar-refractivity contribution in [3.63, 3.8) is 0 Å². The molecule has 1 N–H and O–H groups in total. The van der Waals surface area contributed by atoms with Crippen molar-refractivity contribution < 1.29 is 36.7 Å². The van der Waals surface area contributed by atoms with Crippen LogP contribution in [0.2, 0.25) is 23.2 Å². The maximum Gasteiger partial charge on any atom is 0.410 e. The van der Waals surface area contributed by atoms with Crippen LogP contribution in [-0.2, 0) is 25.1 Å². The van der Waals surface area contributed by atoms with Gasteiger partial charge in [-0.25, -0.2) is 18.0 Å². The van der Waals surface area contributed by atoms with E-state index in [0.29, 0.717) is 5.02 Å². The standard InChI is InChI=1S/C31H44ClF3N2O5Si/c1-19(17-36-24-16-23(33)22(15-26(38)40-8)27(34)28(24)35)37(29(39)41-30(2,3)4)18-25(20-12-11-13-21(32)14-20)42-43(9,10)31(5,6)7/h11-14,16,19,25,36H,15,17-18H2,1-10H3/t19-,25+/m1/s1. The molecule has 1 amide bonds. The fourth-order valence-electron chi connectivity index (χ4n) is 3.89. The summed E-state index contributed by atoms with van der Waals surface area (Å²) >= 11 is 6.32. The number of methoxy groups -OCH3 is 1. The van der Waals surface area contributed by atoms with Gasteiger partial charge in [0.2, 0.25) is 0 Å². The molecule has 0 spiro atoms. The first kappa shape index (κ1) is 36.4. The summed E-state index contributed by atoms with van der Waals surface area (Å²) in [6, 6.07) is 7.33. The molecule has 12 heteroatoms. The van der Waals surface area contributed by atoms with E-state index in [1.54, 1.807) is 45.9 Å². The number of amides is 1. The lowest BCUT2D eigenvalue weighted by atomic mass is 10.1. The van der Waals surface area contributed by atoms with Crippen LogP contribution in [0, 0.1) is 17.5 Å². The number of esters is 1. The Labute approximate surface area is 259 Å². The molecule has 0 unspecified atom stereocenters. The first-order chi connectivity index (χ1) is 19.7. The van der Waals surface area contributed by atoms with Gasteiger partial charge in [-0.1, -0.05) is 44.5 Å². The highest BCUT2D eigenvalue weighted by atomic mass is 35.5. The summed E-state index contributed by atoms with van der Waals surface area (Å²) in [5, 5.41) is 3.08. The van der Waals surface area contributed by atoms with Crippen LogP contribution in [0.1, 0.15) is 65.7 Å². The van der Waals surface area contributed by atoms with Gasteiger partial charge < -0.3 is 24.1 Å². The molecular formula is C31H44ClF3N2O5Si. The molecule has 0 fully saturated rings. The van der Waals surface area contributed by atoms with E-state index in [1.165, 1.54) is 4.90 Å². The highest BCUT2D eigenvalue weighted by Gasteiger charge is 2.41. The minimum Gasteiger partial charge on any atom is -0.469 e. The van der Waals surface area contributed by atoms with E-state index in [1.807, 2.05) is 6.07 Å². The molecule has 43 heavy (non-hydrogen) atoms.